The molecule has 0 fully saturated rings. The standard InChI is InChI=1S/C9H19N3O3/c1-3-12(2)7-6-11-9(15)10-5-4-8(13)14/h3-7H2,1-2H3,(H,13,14)(H2,10,11,15). The second-order valence-corrected chi connectivity index (χ2v) is 3.22. The largest absolute Gasteiger partial charge is 0.481 e. The van der Waals surface area contributed by atoms with Gasteiger partial charge in [-0.2, -0.15) is 0 Å². The third-order valence-corrected chi connectivity index (χ3v) is 1.94. The average Bonchev–Trinajstić information content (AvgIpc) is 2.17. The van der Waals surface area contributed by atoms with Gasteiger partial charge >= 0.3 is 12.0 Å². The lowest BCUT2D eigenvalue weighted by molar-refractivity contribution is -0.136. The third kappa shape index (κ3) is 9.01. The molecule has 6 heteroatoms. The highest BCUT2D eigenvalue weighted by molar-refractivity contribution is 5.74. The van der Waals surface area contributed by atoms with Crippen molar-refractivity contribution in [3.05, 3.63) is 0 Å². The summed E-state index contributed by atoms with van der Waals surface area (Å²) in [5.41, 5.74) is 0. The van der Waals surface area contributed by atoms with Crippen LogP contribution in [-0.2, 0) is 4.79 Å². The van der Waals surface area contributed by atoms with Gasteiger partial charge < -0.3 is 20.6 Å². The highest BCUT2D eigenvalue weighted by Gasteiger charge is 2.01. The Balaban J connectivity index is 3.37. The number of likely N-dealkylation sites (N-methyl/N-ethyl adjacent to an activating group) is 1. The fraction of sp³-hybridized carbons (Fsp3) is 0.778. The van der Waals surface area contributed by atoms with Crippen LogP contribution in [0.3, 0.4) is 0 Å². The first-order valence-corrected chi connectivity index (χ1v) is 4.98. The van der Waals surface area contributed by atoms with Gasteiger partial charge in [-0.15, -0.1) is 0 Å². The first kappa shape index (κ1) is 13.7. The smallest absolute Gasteiger partial charge is 0.314 e. The van der Waals surface area contributed by atoms with Crippen LogP contribution in [0.25, 0.3) is 0 Å². The van der Waals surface area contributed by atoms with E-state index in [1.165, 1.54) is 0 Å². The van der Waals surface area contributed by atoms with Gasteiger partial charge in [0, 0.05) is 19.6 Å². The number of hydrogen-bond donors (Lipinski definition) is 3. The molecule has 3 N–H and O–H groups in total. The molecule has 0 aromatic carbocycles. The number of carboxylic acid groups (broad SMARTS) is 1. The van der Waals surface area contributed by atoms with Crippen LogP contribution in [0.2, 0.25) is 0 Å². The molecule has 0 saturated heterocycles. The summed E-state index contributed by atoms with van der Waals surface area (Å²) in [4.78, 5) is 23.3. The Morgan fingerprint density at radius 1 is 1.27 bits per heavy atom. The second-order valence-electron chi connectivity index (χ2n) is 3.22. The van der Waals surface area contributed by atoms with E-state index in [1.54, 1.807) is 0 Å². The Hall–Kier alpha value is -1.30. The summed E-state index contributed by atoms with van der Waals surface area (Å²) in [6.45, 7) is 4.46. The van der Waals surface area contributed by atoms with Gasteiger partial charge in [0.05, 0.1) is 6.42 Å². The summed E-state index contributed by atoms with van der Waals surface area (Å²) in [6.07, 6.45) is -0.0533. The molecule has 0 spiro atoms. The summed E-state index contributed by atoms with van der Waals surface area (Å²) < 4.78 is 0. The van der Waals surface area contributed by atoms with Gasteiger partial charge in [-0.25, -0.2) is 4.79 Å². The lowest BCUT2D eigenvalue weighted by Gasteiger charge is -2.14. The Kier molecular flexibility index (Phi) is 7.35. The van der Waals surface area contributed by atoms with E-state index in [0.29, 0.717) is 6.54 Å². The minimum absolute atomic E-state index is 0.0533. The van der Waals surface area contributed by atoms with E-state index < -0.39 is 5.97 Å². The van der Waals surface area contributed by atoms with Gasteiger partial charge in [-0.3, -0.25) is 4.79 Å². The number of nitrogens with one attached hydrogen (secondary N) is 2. The van der Waals surface area contributed by atoms with Crippen molar-refractivity contribution >= 4 is 12.0 Å². The summed E-state index contributed by atoms with van der Waals surface area (Å²) >= 11 is 0. The minimum Gasteiger partial charge on any atom is -0.481 e. The number of nitrogens with zero attached hydrogens (tertiary/aromatic N) is 1. The highest BCUT2D eigenvalue weighted by Crippen LogP contribution is 1.78. The molecular formula is C9H19N3O3. The molecule has 0 atom stereocenters. The van der Waals surface area contributed by atoms with E-state index >= 15 is 0 Å². The van der Waals surface area contributed by atoms with E-state index in [0.717, 1.165) is 13.1 Å². The van der Waals surface area contributed by atoms with E-state index in [1.807, 2.05) is 14.0 Å². The number of urea groups is 1. The lowest BCUT2D eigenvalue weighted by atomic mass is 10.4. The molecule has 88 valence electrons. The van der Waals surface area contributed by atoms with Gasteiger partial charge in [0.25, 0.3) is 0 Å². The molecule has 0 rings (SSSR count). The van der Waals surface area contributed by atoms with Gasteiger partial charge in [0.1, 0.15) is 0 Å². The Morgan fingerprint density at radius 2 is 1.87 bits per heavy atom. The minimum atomic E-state index is -0.916. The number of amides is 2. The number of carbonyl (C=O) groups excluding carboxylic acids is 1. The Labute approximate surface area is 89.6 Å². The van der Waals surface area contributed by atoms with Crippen molar-refractivity contribution in [2.75, 3.05) is 33.2 Å². The van der Waals surface area contributed by atoms with Crippen LogP contribution in [0.15, 0.2) is 0 Å². The molecule has 0 aromatic rings. The fourth-order valence-corrected chi connectivity index (χ4v) is 0.864. The lowest BCUT2D eigenvalue weighted by Crippen LogP contribution is -2.40. The van der Waals surface area contributed by atoms with Crippen molar-refractivity contribution in [1.29, 1.82) is 0 Å². The maximum atomic E-state index is 11.1. The maximum Gasteiger partial charge on any atom is 0.314 e. The molecule has 0 aliphatic rings. The van der Waals surface area contributed by atoms with Gasteiger partial charge in [-0.05, 0) is 13.6 Å². The zero-order valence-corrected chi connectivity index (χ0v) is 9.25. The average molecular weight is 217 g/mol. The van der Waals surface area contributed by atoms with Gasteiger partial charge in [0.2, 0.25) is 0 Å². The van der Waals surface area contributed by atoms with Crippen LogP contribution in [0, 0.1) is 0 Å². The van der Waals surface area contributed by atoms with Gasteiger partial charge in [0.15, 0.2) is 0 Å². The quantitative estimate of drug-likeness (QED) is 0.547. The predicted octanol–water partition coefficient (Wildman–Crippen LogP) is -0.288. The number of carboxylic acids is 1. The normalized spacial score (nSPS) is 10.1. The van der Waals surface area contributed by atoms with Crippen LogP contribution < -0.4 is 10.6 Å². The van der Waals surface area contributed by atoms with E-state index in [2.05, 4.69) is 15.5 Å². The first-order valence-electron chi connectivity index (χ1n) is 4.98. The SMILES string of the molecule is CCN(C)CCNC(=O)NCCC(=O)O. The summed E-state index contributed by atoms with van der Waals surface area (Å²) in [5.74, 6) is -0.916. The van der Waals surface area contributed by atoms with E-state index in [4.69, 9.17) is 5.11 Å². The molecule has 0 unspecified atom stereocenters. The van der Waals surface area contributed by atoms with Crippen molar-refractivity contribution in [3.8, 4) is 0 Å². The molecule has 0 aliphatic carbocycles. The molecule has 0 aromatic heterocycles. The molecular weight excluding hydrogens is 198 g/mol. The predicted molar refractivity (Wildman–Crippen MR) is 56.8 cm³/mol. The monoisotopic (exact) mass is 217 g/mol. The highest BCUT2D eigenvalue weighted by atomic mass is 16.4. The van der Waals surface area contributed by atoms with Crippen molar-refractivity contribution in [2.24, 2.45) is 0 Å². The van der Waals surface area contributed by atoms with Crippen molar-refractivity contribution < 1.29 is 14.7 Å². The molecule has 0 heterocycles. The number of hydrogen-bond acceptors (Lipinski definition) is 3. The van der Waals surface area contributed by atoms with Gasteiger partial charge in [-0.1, -0.05) is 6.92 Å². The second kappa shape index (κ2) is 8.05. The van der Waals surface area contributed by atoms with Crippen molar-refractivity contribution in [3.63, 3.8) is 0 Å². The number of carbonyl (C=O) groups is 2. The van der Waals surface area contributed by atoms with Crippen molar-refractivity contribution in [2.45, 2.75) is 13.3 Å². The van der Waals surface area contributed by atoms with Crippen LogP contribution >= 0.6 is 0 Å². The van der Waals surface area contributed by atoms with E-state index in [-0.39, 0.29) is 19.0 Å². The Bertz CT molecular complexity index is 209. The zero-order chi connectivity index (χ0) is 11.7. The maximum absolute atomic E-state index is 11.1. The summed E-state index contributed by atoms with van der Waals surface area (Å²) in [5, 5.41) is 13.4. The fourth-order valence-electron chi connectivity index (χ4n) is 0.864. The molecule has 0 saturated carbocycles. The molecule has 2 amide bonds. The third-order valence-electron chi connectivity index (χ3n) is 1.94. The van der Waals surface area contributed by atoms with Crippen LogP contribution in [0.5, 0.6) is 0 Å². The Morgan fingerprint density at radius 3 is 2.40 bits per heavy atom. The molecule has 0 aliphatic heterocycles. The van der Waals surface area contributed by atoms with Crippen molar-refractivity contribution in [1.82, 2.24) is 15.5 Å². The summed E-state index contributed by atoms with van der Waals surface area (Å²) in [6, 6.07) is -0.319. The van der Waals surface area contributed by atoms with Crippen LogP contribution in [0.1, 0.15) is 13.3 Å². The molecule has 6 nitrogen and oxygen atoms in total. The van der Waals surface area contributed by atoms with Crippen LogP contribution in [0.4, 0.5) is 4.79 Å². The first-order chi connectivity index (χ1) is 7.06. The number of rotatable bonds is 7. The molecule has 15 heavy (non-hydrogen) atoms. The summed E-state index contributed by atoms with van der Waals surface area (Å²) in [7, 11) is 1.96. The van der Waals surface area contributed by atoms with Crippen LogP contribution in [-0.4, -0.2) is 55.2 Å². The zero-order valence-electron chi connectivity index (χ0n) is 9.25. The molecule has 0 bridgehead atoms. The molecule has 0 radical (unpaired) electrons. The number of aliphatic carboxylic acids is 1. The topological polar surface area (TPSA) is 81.7 Å². The van der Waals surface area contributed by atoms with E-state index in [9.17, 15) is 9.59 Å².